The Balaban J connectivity index is 1.71. The minimum atomic E-state index is 0.818. The topological polar surface area (TPSA) is 12.0 Å². The summed E-state index contributed by atoms with van der Waals surface area (Å²) in [5.74, 6) is 3.12. The van der Waals surface area contributed by atoms with Gasteiger partial charge in [-0.3, -0.25) is 0 Å². The van der Waals surface area contributed by atoms with E-state index in [9.17, 15) is 0 Å². The van der Waals surface area contributed by atoms with Crippen LogP contribution in [0.1, 0.15) is 64.7 Å². The normalized spacial score (nSPS) is 32.6. The molecular weight excluding hydrogens is 194 g/mol. The molecule has 2 rings (SSSR count). The van der Waals surface area contributed by atoms with Crippen LogP contribution in [0.4, 0.5) is 0 Å². The molecule has 0 heterocycles. The van der Waals surface area contributed by atoms with E-state index in [1.54, 1.807) is 0 Å². The Morgan fingerprint density at radius 2 is 1.62 bits per heavy atom. The van der Waals surface area contributed by atoms with Gasteiger partial charge in [-0.25, -0.2) is 0 Å². The Morgan fingerprint density at radius 3 is 2.12 bits per heavy atom. The van der Waals surface area contributed by atoms with Gasteiger partial charge in [0.1, 0.15) is 0 Å². The van der Waals surface area contributed by atoms with Crippen molar-refractivity contribution in [2.24, 2.45) is 17.8 Å². The third-order valence-corrected chi connectivity index (χ3v) is 4.99. The molecule has 1 unspecified atom stereocenters. The zero-order chi connectivity index (χ0) is 11.4. The molecule has 0 aromatic rings. The molecule has 94 valence electrons. The summed E-state index contributed by atoms with van der Waals surface area (Å²) in [6.07, 6.45) is 13.3. The van der Waals surface area contributed by atoms with Crippen molar-refractivity contribution >= 4 is 0 Å². The molecule has 0 spiro atoms. The Bertz CT molecular complexity index is 190. The van der Waals surface area contributed by atoms with Gasteiger partial charge in [-0.1, -0.05) is 39.0 Å². The molecule has 0 amide bonds. The van der Waals surface area contributed by atoms with Gasteiger partial charge in [-0.2, -0.15) is 0 Å². The van der Waals surface area contributed by atoms with Gasteiger partial charge in [0, 0.05) is 6.04 Å². The van der Waals surface area contributed by atoms with Crippen LogP contribution in [-0.2, 0) is 0 Å². The average molecular weight is 223 g/mol. The standard InChI is InChI=1S/C15H29N/c1-3-12-6-9-14(10-7-12)15(16-2)11-8-13-4-5-13/h12-16H,3-11H2,1-2H3. The molecule has 0 aromatic carbocycles. The molecule has 1 N–H and O–H groups in total. The Morgan fingerprint density at radius 1 is 1.00 bits per heavy atom. The SMILES string of the molecule is CCC1CCC(C(CCC2CC2)NC)CC1. The zero-order valence-electron chi connectivity index (χ0n) is 11.2. The summed E-state index contributed by atoms with van der Waals surface area (Å²) in [7, 11) is 2.17. The van der Waals surface area contributed by atoms with Crippen LogP contribution in [0.15, 0.2) is 0 Å². The van der Waals surface area contributed by atoms with E-state index < -0.39 is 0 Å². The van der Waals surface area contributed by atoms with E-state index in [-0.39, 0.29) is 0 Å². The molecular formula is C15H29N. The zero-order valence-corrected chi connectivity index (χ0v) is 11.2. The van der Waals surface area contributed by atoms with Crippen LogP contribution >= 0.6 is 0 Å². The third kappa shape index (κ3) is 3.48. The van der Waals surface area contributed by atoms with E-state index in [0.717, 1.165) is 23.8 Å². The predicted molar refractivity (Wildman–Crippen MR) is 70.5 cm³/mol. The lowest BCUT2D eigenvalue weighted by molar-refractivity contribution is 0.213. The summed E-state index contributed by atoms with van der Waals surface area (Å²) < 4.78 is 0. The van der Waals surface area contributed by atoms with Crippen LogP contribution in [0, 0.1) is 17.8 Å². The van der Waals surface area contributed by atoms with E-state index in [1.807, 2.05) is 0 Å². The first kappa shape index (κ1) is 12.4. The molecule has 0 saturated heterocycles. The summed E-state index contributed by atoms with van der Waals surface area (Å²) in [5, 5.41) is 3.59. The number of hydrogen-bond donors (Lipinski definition) is 1. The Labute approximate surface area is 101 Å². The molecule has 2 aliphatic rings. The lowest BCUT2D eigenvalue weighted by Gasteiger charge is -2.33. The second-order valence-electron chi connectivity index (χ2n) is 6.10. The summed E-state index contributed by atoms with van der Waals surface area (Å²) >= 11 is 0. The first-order valence-electron chi connectivity index (χ1n) is 7.50. The van der Waals surface area contributed by atoms with Crippen molar-refractivity contribution in [3.63, 3.8) is 0 Å². The highest BCUT2D eigenvalue weighted by Gasteiger charge is 2.28. The second kappa shape index (κ2) is 6.05. The summed E-state index contributed by atoms with van der Waals surface area (Å²) in [6.45, 7) is 2.35. The number of hydrogen-bond acceptors (Lipinski definition) is 1. The molecule has 1 heteroatoms. The van der Waals surface area contributed by atoms with Crippen molar-refractivity contribution in [2.45, 2.75) is 70.8 Å². The van der Waals surface area contributed by atoms with E-state index >= 15 is 0 Å². The van der Waals surface area contributed by atoms with Crippen LogP contribution in [0.3, 0.4) is 0 Å². The first-order valence-corrected chi connectivity index (χ1v) is 7.50. The van der Waals surface area contributed by atoms with Crippen LogP contribution in [0.25, 0.3) is 0 Å². The van der Waals surface area contributed by atoms with E-state index in [2.05, 4.69) is 19.3 Å². The molecule has 1 atom stereocenters. The molecule has 0 aliphatic heterocycles. The van der Waals surface area contributed by atoms with Crippen LogP contribution in [0.5, 0.6) is 0 Å². The molecule has 1 nitrogen and oxygen atoms in total. The highest BCUT2D eigenvalue weighted by atomic mass is 14.9. The number of nitrogens with one attached hydrogen (secondary N) is 1. The van der Waals surface area contributed by atoms with Gasteiger partial charge in [0.2, 0.25) is 0 Å². The molecule has 2 saturated carbocycles. The lowest BCUT2D eigenvalue weighted by Crippen LogP contribution is -2.36. The van der Waals surface area contributed by atoms with Gasteiger partial charge in [0.15, 0.2) is 0 Å². The van der Waals surface area contributed by atoms with Crippen molar-refractivity contribution in [3.8, 4) is 0 Å². The smallest absolute Gasteiger partial charge is 0.00924 e. The maximum absolute atomic E-state index is 3.59. The fraction of sp³-hybridized carbons (Fsp3) is 1.00. The molecule has 16 heavy (non-hydrogen) atoms. The third-order valence-electron chi connectivity index (χ3n) is 4.99. The summed E-state index contributed by atoms with van der Waals surface area (Å²) in [6, 6.07) is 0.818. The van der Waals surface area contributed by atoms with Crippen molar-refractivity contribution < 1.29 is 0 Å². The average Bonchev–Trinajstić information content (AvgIpc) is 3.15. The molecule has 0 radical (unpaired) electrons. The molecule has 0 bridgehead atoms. The molecule has 2 aliphatic carbocycles. The fourth-order valence-corrected chi connectivity index (χ4v) is 3.44. The quantitative estimate of drug-likeness (QED) is 0.718. The lowest BCUT2D eigenvalue weighted by atomic mass is 9.76. The van der Waals surface area contributed by atoms with Crippen molar-refractivity contribution in [3.05, 3.63) is 0 Å². The molecule has 0 aromatic heterocycles. The van der Waals surface area contributed by atoms with E-state index in [0.29, 0.717) is 0 Å². The first-order chi connectivity index (χ1) is 7.83. The van der Waals surface area contributed by atoms with Gasteiger partial charge in [-0.05, 0) is 50.5 Å². The van der Waals surface area contributed by atoms with Crippen molar-refractivity contribution in [2.75, 3.05) is 7.05 Å². The van der Waals surface area contributed by atoms with Gasteiger partial charge in [0.25, 0.3) is 0 Å². The van der Waals surface area contributed by atoms with E-state index in [4.69, 9.17) is 0 Å². The van der Waals surface area contributed by atoms with Crippen LogP contribution in [0.2, 0.25) is 0 Å². The monoisotopic (exact) mass is 223 g/mol. The molecule has 2 fully saturated rings. The predicted octanol–water partition coefficient (Wildman–Crippen LogP) is 3.98. The maximum Gasteiger partial charge on any atom is 0.00924 e. The van der Waals surface area contributed by atoms with Gasteiger partial charge < -0.3 is 5.32 Å². The van der Waals surface area contributed by atoms with Crippen molar-refractivity contribution in [1.29, 1.82) is 0 Å². The highest BCUT2D eigenvalue weighted by Crippen LogP contribution is 2.37. The summed E-state index contributed by atoms with van der Waals surface area (Å²) in [5.41, 5.74) is 0. The minimum Gasteiger partial charge on any atom is -0.317 e. The van der Waals surface area contributed by atoms with Gasteiger partial charge >= 0.3 is 0 Å². The largest absolute Gasteiger partial charge is 0.317 e. The summed E-state index contributed by atoms with van der Waals surface area (Å²) in [4.78, 5) is 0. The van der Waals surface area contributed by atoms with Gasteiger partial charge in [0.05, 0.1) is 0 Å². The van der Waals surface area contributed by atoms with Crippen molar-refractivity contribution in [1.82, 2.24) is 5.32 Å². The highest BCUT2D eigenvalue weighted by molar-refractivity contribution is 4.83. The second-order valence-corrected chi connectivity index (χ2v) is 6.10. The number of rotatable bonds is 6. The Hall–Kier alpha value is -0.0400. The Kier molecular flexibility index (Phi) is 4.69. The maximum atomic E-state index is 3.59. The minimum absolute atomic E-state index is 0.818. The van der Waals surface area contributed by atoms with Crippen LogP contribution < -0.4 is 5.32 Å². The van der Waals surface area contributed by atoms with E-state index in [1.165, 1.54) is 57.8 Å². The van der Waals surface area contributed by atoms with Crippen LogP contribution in [-0.4, -0.2) is 13.1 Å². The fourth-order valence-electron chi connectivity index (χ4n) is 3.44. The van der Waals surface area contributed by atoms with Gasteiger partial charge in [-0.15, -0.1) is 0 Å².